The molecule has 3 aliphatic heterocycles. The number of phenols is 1. The standard InChI is InChI=1S/C57H72N10O8S/c1-36(38-18-20-39(21-19-38)51-37(2)59-35-76-51)60-54(72)47-30-41(68)32-67(47)56(74)52(57(3,4)5)61-49(70)16-10-8-6-7-9-11-17-50(71)64-26-28-65(29-27-64)55(73)40-22-24-42(25-23-40)75-43-33-66(34-43)46-31-45(62-63-53(46)58)44-14-12-13-15-48(44)69/h12-15,18-25,31,35-36,41,43,47,52,68-69H,6-11,16-17,26-30,32-34H2,1-5H3,(H2,58,63)(H,60,72)(H,61,70)/t36?,41-,47+,52?/m1/s1. The van der Waals surface area contributed by atoms with Crippen molar-refractivity contribution in [3.05, 3.63) is 101 Å². The van der Waals surface area contributed by atoms with Gasteiger partial charge in [-0.1, -0.05) is 82.9 Å². The molecule has 2 aromatic heterocycles. The number of aliphatic hydroxyl groups is 1. The lowest BCUT2D eigenvalue weighted by Crippen LogP contribution is -2.57. The van der Waals surface area contributed by atoms with Gasteiger partial charge in [0, 0.05) is 63.1 Å². The topological polar surface area (TPSA) is 237 Å². The molecule has 3 aliphatic rings. The molecule has 76 heavy (non-hydrogen) atoms. The number of aromatic hydroxyl groups is 1. The molecule has 0 aliphatic carbocycles. The number of hydrogen-bond donors (Lipinski definition) is 5. The van der Waals surface area contributed by atoms with Crippen molar-refractivity contribution < 1.29 is 38.9 Å². The first-order valence-electron chi connectivity index (χ1n) is 26.5. The number of thiazole rings is 1. The normalized spacial score (nSPS) is 17.7. The number of phenolic OH excluding ortho intramolecular Hbond substituents is 1. The highest BCUT2D eigenvalue weighted by atomic mass is 32.1. The Morgan fingerprint density at radius 2 is 1.49 bits per heavy atom. The number of para-hydroxylation sites is 1. The van der Waals surface area contributed by atoms with E-state index < -0.39 is 23.6 Å². The number of nitrogens with zero attached hydrogens (tertiary/aromatic N) is 7. The average molecular weight is 1060 g/mol. The molecule has 5 amide bonds. The van der Waals surface area contributed by atoms with Gasteiger partial charge in [0.15, 0.2) is 5.82 Å². The Balaban J connectivity index is 0.687. The van der Waals surface area contributed by atoms with E-state index in [2.05, 4.69) is 25.8 Å². The van der Waals surface area contributed by atoms with Crippen molar-refractivity contribution in [2.75, 3.05) is 56.4 Å². The summed E-state index contributed by atoms with van der Waals surface area (Å²) in [5, 5.41) is 35.2. The van der Waals surface area contributed by atoms with Crippen LogP contribution in [0.15, 0.2) is 84.4 Å². The number of aliphatic hydroxyl groups excluding tert-OH is 1. The maximum absolute atomic E-state index is 14.1. The number of unbranched alkanes of at least 4 members (excludes halogenated alkanes) is 5. The SMILES string of the molecule is Cc1ncsc1-c1ccc(C(C)NC(=O)[C@@H]2C[C@@H](O)CN2C(=O)C(NC(=O)CCCCCCCCC(=O)N2CCN(C(=O)c3ccc(OC4CN(c5cc(-c6ccccc6O)nnc5N)C4)cc3)CC2)C(C)(C)C)cc1. The molecule has 0 bridgehead atoms. The first-order valence-corrected chi connectivity index (χ1v) is 27.4. The number of nitrogens with one attached hydrogen (secondary N) is 2. The number of amides is 5. The first kappa shape index (κ1) is 55.1. The number of likely N-dealkylation sites (tertiary alicyclic amines) is 1. The zero-order valence-electron chi connectivity index (χ0n) is 44.2. The molecule has 19 heteroatoms. The summed E-state index contributed by atoms with van der Waals surface area (Å²) in [6, 6.07) is 21.8. The lowest BCUT2D eigenvalue weighted by atomic mass is 9.85. The van der Waals surface area contributed by atoms with E-state index in [1.807, 2.05) is 86.3 Å². The van der Waals surface area contributed by atoms with Crippen LogP contribution in [0.5, 0.6) is 11.5 Å². The first-order chi connectivity index (χ1) is 36.4. The van der Waals surface area contributed by atoms with Crippen LogP contribution in [0.2, 0.25) is 0 Å². The quantitative estimate of drug-likeness (QED) is 0.0499. The van der Waals surface area contributed by atoms with E-state index in [1.165, 1.54) is 4.90 Å². The molecule has 5 heterocycles. The molecule has 8 rings (SSSR count). The number of nitrogens with two attached hydrogens (primary N) is 1. The van der Waals surface area contributed by atoms with Crippen molar-refractivity contribution in [3.8, 4) is 33.2 Å². The van der Waals surface area contributed by atoms with Crippen LogP contribution in [0.3, 0.4) is 0 Å². The van der Waals surface area contributed by atoms with E-state index >= 15 is 0 Å². The van der Waals surface area contributed by atoms with E-state index in [9.17, 15) is 34.2 Å². The van der Waals surface area contributed by atoms with Crippen molar-refractivity contribution in [2.45, 2.75) is 123 Å². The van der Waals surface area contributed by atoms with Gasteiger partial charge in [-0.2, -0.15) is 0 Å². The molecular weight excluding hydrogens is 985 g/mol. The maximum Gasteiger partial charge on any atom is 0.253 e. The predicted molar refractivity (Wildman–Crippen MR) is 292 cm³/mol. The third-order valence-corrected chi connectivity index (χ3v) is 15.6. The Morgan fingerprint density at radius 1 is 0.829 bits per heavy atom. The van der Waals surface area contributed by atoms with Crippen molar-refractivity contribution in [3.63, 3.8) is 0 Å². The van der Waals surface area contributed by atoms with Gasteiger partial charge in [0.1, 0.15) is 29.7 Å². The highest BCUT2D eigenvalue weighted by Crippen LogP contribution is 2.35. The number of rotatable bonds is 20. The molecular formula is C57H72N10O8S. The number of ether oxygens (including phenoxy) is 1. The van der Waals surface area contributed by atoms with Crippen molar-refractivity contribution in [2.24, 2.45) is 5.41 Å². The number of anilines is 2. The zero-order valence-corrected chi connectivity index (χ0v) is 45.1. The second-order valence-corrected chi connectivity index (χ2v) is 22.2. The van der Waals surface area contributed by atoms with Crippen LogP contribution in [0, 0.1) is 12.3 Å². The molecule has 6 N–H and O–H groups in total. The van der Waals surface area contributed by atoms with Gasteiger partial charge in [0.05, 0.1) is 52.7 Å². The van der Waals surface area contributed by atoms with Crippen LogP contribution < -0.4 is 26.0 Å². The van der Waals surface area contributed by atoms with E-state index in [0.717, 1.165) is 59.5 Å². The number of aryl methyl sites for hydroxylation is 1. The van der Waals surface area contributed by atoms with Gasteiger partial charge in [0.25, 0.3) is 5.91 Å². The number of β-amino-alcohol motifs (C(OH)–C–C–N with tert-alkyl or cyclic N) is 1. The van der Waals surface area contributed by atoms with Crippen LogP contribution in [0.25, 0.3) is 21.7 Å². The lowest BCUT2D eigenvalue weighted by molar-refractivity contribution is -0.144. The molecule has 4 atom stereocenters. The third kappa shape index (κ3) is 13.6. The van der Waals surface area contributed by atoms with Crippen LogP contribution in [-0.2, 0) is 19.2 Å². The van der Waals surface area contributed by atoms with Crippen LogP contribution in [0.1, 0.15) is 113 Å². The Hall–Kier alpha value is -7.12. The number of aromatic nitrogens is 3. The summed E-state index contributed by atoms with van der Waals surface area (Å²) < 4.78 is 6.18. The minimum absolute atomic E-state index is 0.00677. The summed E-state index contributed by atoms with van der Waals surface area (Å²) in [5.74, 6) is 0.0989. The monoisotopic (exact) mass is 1060 g/mol. The molecule has 3 saturated heterocycles. The summed E-state index contributed by atoms with van der Waals surface area (Å²) in [6.07, 6.45) is 4.85. The fourth-order valence-electron chi connectivity index (χ4n) is 10.1. The molecule has 5 aromatic rings. The summed E-state index contributed by atoms with van der Waals surface area (Å²) in [7, 11) is 0. The highest BCUT2D eigenvalue weighted by Gasteiger charge is 2.45. The van der Waals surface area contributed by atoms with E-state index in [-0.39, 0.29) is 66.8 Å². The summed E-state index contributed by atoms with van der Waals surface area (Å²) >= 11 is 1.58. The molecule has 0 saturated carbocycles. The fourth-order valence-corrected chi connectivity index (χ4v) is 10.9. The summed E-state index contributed by atoms with van der Waals surface area (Å²) in [4.78, 5) is 80.1. The number of nitrogen functional groups attached to an aromatic ring is 1. The fraction of sp³-hybridized carbons (Fsp3) is 0.474. The van der Waals surface area contributed by atoms with Gasteiger partial charge in [0.2, 0.25) is 23.6 Å². The molecule has 18 nitrogen and oxygen atoms in total. The number of hydrogen-bond acceptors (Lipinski definition) is 14. The maximum atomic E-state index is 14.1. The van der Waals surface area contributed by atoms with Gasteiger partial charge >= 0.3 is 0 Å². The average Bonchev–Trinajstić information content (AvgIpc) is 4.02. The van der Waals surface area contributed by atoms with Crippen molar-refractivity contribution in [1.29, 1.82) is 0 Å². The minimum atomic E-state index is -0.889. The minimum Gasteiger partial charge on any atom is -0.507 e. The van der Waals surface area contributed by atoms with Crippen LogP contribution >= 0.6 is 11.3 Å². The van der Waals surface area contributed by atoms with E-state index in [1.54, 1.807) is 58.7 Å². The number of piperazine rings is 1. The molecule has 404 valence electrons. The van der Waals surface area contributed by atoms with E-state index in [0.29, 0.717) is 80.5 Å². The van der Waals surface area contributed by atoms with Crippen molar-refractivity contribution in [1.82, 2.24) is 40.5 Å². The Bertz CT molecular complexity index is 2820. The molecule has 2 unspecified atom stereocenters. The predicted octanol–water partition coefficient (Wildman–Crippen LogP) is 6.91. The van der Waals surface area contributed by atoms with Crippen LogP contribution in [0.4, 0.5) is 11.5 Å². The summed E-state index contributed by atoms with van der Waals surface area (Å²) in [6.45, 7) is 12.6. The second-order valence-electron chi connectivity index (χ2n) is 21.4. The summed E-state index contributed by atoms with van der Waals surface area (Å²) in [5.41, 5.74) is 12.6. The lowest BCUT2D eigenvalue weighted by Gasteiger charge is -2.40. The molecule has 0 radical (unpaired) electrons. The Kier molecular flexibility index (Phi) is 17.9. The van der Waals surface area contributed by atoms with Crippen molar-refractivity contribution >= 4 is 52.4 Å². The highest BCUT2D eigenvalue weighted by molar-refractivity contribution is 7.13. The molecule has 3 aromatic carbocycles. The largest absolute Gasteiger partial charge is 0.507 e. The third-order valence-electron chi connectivity index (χ3n) is 14.6. The molecule has 0 spiro atoms. The van der Waals surface area contributed by atoms with E-state index in [4.69, 9.17) is 10.5 Å². The number of carbonyl (C=O) groups is 5. The van der Waals surface area contributed by atoms with Gasteiger partial charge in [-0.15, -0.1) is 21.5 Å². The van der Waals surface area contributed by atoms with Gasteiger partial charge in [-0.25, -0.2) is 4.98 Å². The smallest absolute Gasteiger partial charge is 0.253 e. The van der Waals surface area contributed by atoms with Crippen LogP contribution in [-0.4, -0.2) is 140 Å². The number of benzene rings is 3. The van der Waals surface area contributed by atoms with Gasteiger partial charge in [-0.05, 0) is 85.7 Å². The zero-order chi connectivity index (χ0) is 54.1. The van der Waals surface area contributed by atoms with Gasteiger partial charge in [-0.3, -0.25) is 24.0 Å². The second kappa shape index (κ2) is 24.7. The van der Waals surface area contributed by atoms with Gasteiger partial charge < -0.3 is 50.9 Å². The Labute approximate surface area is 449 Å². The molecule has 3 fully saturated rings. The Morgan fingerprint density at radius 3 is 2.14 bits per heavy atom. The number of carbonyl (C=O) groups excluding carboxylic acids is 5.